The Morgan fingerprint density at radius 2 is 1.38 bits per heavy atom. The van der Waals surface area contributed by atoms with Gasteiger partial charge in [0.1, 0.15) is 24.8 Å². The maximum atomic E-state index is 13.5. The quantitative estimate of drug-likeness (QED) is 0.146. The summed E-state index contributed by atoms with van der Waals surface area (Å²) in [5.41, 5.74) is 4.72. The molecule has 6 nitrogen and oxygen atoms in total. The molecular formula is C34H41F2N3O3. The van der Waals surface area contributed by atoms with E-state index in [0.717, 1.165) is 68.9 Å². The second kappa shape index (κ2) is 15.7. The highest BCUT2D eigenvalue weighted by Gasteiger charge is 2.17. The fraction of sp³-hybridized carbons (Fsp3) is 0.412. The molecule has 0 N–H and O–H groups in total. The first-order valence-corrected chi connectivity index (χ1v) is 15.0. The van der Waals surface area contributed by atoms with Gasteiger partial charge in [0.2, 0.25) is 0 Å². The van der Waals surface area contributed by atoms with Crippen molar-refractivity contribution in [2.24, 2.45) is 0 Å². The zero-order chi connectivity index (χ0) is 29.0. The van der Waals surface area contributed by atoms with E-state index < -0.39 is 6.67 Å². The summed E-state index contributed by atoms with van der Waals surface area (Å²) < 4.78 is 43.8. The summed E-state index contributed by atoms with van der Waals surface area (Å²) in [5.74, 6) is 0.614. The van der Waals surface area contributed by atoms with Crippen LogP contribution in [0, 0.1) is 5.82 Å². The topological polar surface area (TPSA) is 39.1 Å². The van der Waals surface area contributed by atoms with Crippen LogP contribution in [-0.2, 0) is 15.9 Å². The Balaban J connectivity index is 1.01. The lowest BCUT2D eigenvalue weighted by Crippen LogP contribution is -2.46. The number of hydrogen-bond donors (Lipinski definition) is 0. The number of alkyl halides is 1. The van der Waals surface area contributed by atoms with Crippen LogP contribution >= 0.6 is 0 Å². The highest BCUT2D eigenvalue weighted by atomic mass is 19.1. The average molecular weight is 578 g/mol. The van der Waals surface area contributed by atoms with Crippen LogP contribution in [0.15, 0.2) is 79.0 Å². The molecule has 0 unspecified atom stereocenters. The van der Waals surface area contributed by atoms with E-state index in [1.54, 1.807) is 0 Å². The number of rotatable bonds is 16. The maximum absolute atomic E-state index is 13.5. The molecule has 0 bridgehead atoms. The Labute approximate surface area is 247 Å². The van der Waals surface area contributed by atoms with E-state index in [-0.39, 0.29) is 12.4 Å². The predicted molar refractivity (Wildman–Crippen MR) is 164 cm³/mol. The molecule has 1 aromatic heterocycles. The molecule has 4 aromatic rings. The molecule has 0 radical (unpaired) electrons. The number of aromatic nitrogens is 1. The number of fused-ring (bicyclic) bond motifs is 1. The van der Waals surface area contributed by atoms with E-state index in [2.05, 4.69) is 57.0 Å². The fourth-order valence-electron chi connectivity index (χ4n) is 5.49. The van der Waals surface area contributed by atoms with Crippen LogP contribution in [0.3, 0.4) is 0 Å². The highest BCUT2D eigenvalue weighted by molar-refractivity contribution is 5.85. The predicted octanol–water partition coefficient (Wildman–Crippen LogP) is 6.30. The third kappa shape index (κ3) is 8.31. The SMILES string of the molecule is FCCOCCOCCOc1ccc(N2CCN(CCCCc3cn(-c4ccc(F)cc4)c4ccccc34)CC2)cc1. The minimum atomic E-state index is -0.467. The normalized spacial score (nSPS) is 14.1. The van der Waals surface area contributed by atoms with Crippen molar-refractivity contribution in [2.75, 3.05) is 77.3 Å². The van der Waals surface area contributed by atoms with Crippen LogP contribution in [-0.4, -0.2) is 81.9 Å². The summed E-state index contributed by atoms with van der Waals surface area (Å²) in [7, 11) is 0. The molecule has 0 spiro atoms. The van der Waals surface area contributed by atoms with Gasteiger partial charge in [-0.25, -0.2) is 8.78 Å². The smallest absolute Gasteiger partial charge is 0.123 e. The summed E-state index contributed by atoms with van der Waals surface area (Å²) >= 11 is 0. The lowest BCUT2D eigenvalue weighted by Gasteiger charge is -2.36. The first-order chi connectivity index (χ1) is 20.7. The van der Waals surface area contributed by atoms with E-state index in [4.69, 9.17) is 14.2 Å². The van der Waals surface area contributed by atoms with Crippen molar-refractivity contribution in [3.8, 4) is 11.4 Å². The fourth-order valence-corrected chi connectivity index (χ4v) is 5.49. The summed E-state index contributed by atoms with van der Waals surface area (Å²) in [6.07, 6.45) is 5.55. The molecule has 1 fully saturated rings. The summed E-state index contributed by atoms with van der Waals surface area (Å²) in [6.45, 7) is 6.72. The first-order valence-electron chi connectivity index (χ1n) is 15.0. The Morgan fingerprint density at radius 3 is 2.14 bits per heavy atom. The molecule has 0 atom stereocenters. The van der Waals surface area contributed by atoms with Crippen LogP contribution in [0.25, 0.3) is 16.6 Å². The molecule has 42 heavy (non-hydrogen) atoms. The number of anilines is 1. The number of benzene rings is 3. The highest BCUT2D eigenvalue weighted by Crippen LogP contribution is 2.27. The van der Waals surface area contributed by atoms with Gasteiger partial charge in [0.25, 0.3) is 0 Å². The Hall–Kier alpha value is -3.46. The van der Waals surface area contributed by atoms with Crippen LogP contribution < -0.4 is 9.64 Å². The van der Waals surface area contributed by atoms with Gasteiger partial charge in [0, 0.05) is 49.1 Å². The van der Waals surface area contributed by atoms with Gasteiger partial charge in [0.15, 0.2) is 0 Å². The number of halogens is 2. The largest absolute Gasteiger partial charge is 0.491 e. The summed E-state index contributed by atoms with van der Waals surface area (Å²) in [5, 5.41) is 1.27. The van der Waals surface area contributed by atoms with Gasteiger partial charge >= 0.3 is 0 Å². The minimum Gasteiger partial charge on any atom is -0.491 e. The molecule has 2 heterocycles. The standard InChI is InChI=1S/C34H41F2N3O3/c35-16-22-40-23-24-41-25-26-42-32-14-12-30(13-15-32)38-20-18-37(19-21-38)17-4-3-5-28-27-39(31-10-8-29(36)9-11-31)34-7-2-1-6-33(28)34/h1-2,6-15,27H,3-5,16-26H2. The molecule has 3 aromatic carbocycles. The number of nitrogens with zero attached hydrogens (tertiary/aromatic N) is 3. The molecule has 0 aliphatic carbocycles. The van der Waals surface area contributed by atoms with Crippen LogP contribution in [0.1, 0.15) is 18.4 Å². The van der Waals surface area contributed by atoms with Gasteiger partial charge in [-0.3, -0.25) is 4.90 Å². The number of piperazine rings is 1. The molecule has 1 saturated heterocycles. The van der Waals surface area contributed by atoms with Crippen molar-refractivity contribution in [1.82, 2.24) is 9.47 Å². The lowest BCUT2D eigenvalue weighted by atomic mass is 10.1. The first kappa shape index (κ1) is 30.0. The van der Waals surface area contributed by atoms with Crippen molar-refractivity contribution in [1.29, 1.82) is 0 Å². The second-order valence-corrected chi connectivity index (χ2v) is 10.6. The van der Waals surface area contributed by atoms with Crippen LogP contribution in [0.2, 0.25) is 0 Å². The van der Waals surface area contributed by atoms with Crippen molar-refractivity contribution in [3.05, 3.63) is 90.4 Å². The number of aryl methyl sites for hydroxylation is 1. The lowest BCUT2D eigenvalue weighted by molar-refractivity contribution is 0.0325. The van der Waals surface area contributed by atoms with Crippen molar-refractivity contribution < 1.29 is 23.0 Å². The van der Waals surface area contributed by atoms with Gasteiger partial charge in [-0.1, -0.05) is 18.2 Å². The number of hydrogen-bond acceptors (Lipinski definition) is 5. The Morgan fingerprint density at radius 1 is 0.690 bits per heavy atom. The van der Waals surface area contributed by atoms with Crippen LogP contribution in [0.4, 0.5) is 14.5 Å². The zero-order valence-electron chi connectivity index (χ0n) is 24.2. The molecule has 0 amide bonds. The maximum Gasteiger partial charge on any atom is 0.123 e. The molecular weight excluding hydrogens is 536 g/mol. The number of para-hydroxylation sites is 1. The van der Waals surface area contributed by atoms with Crippen molar-refractivity contribution >= 4 is 16.6 Å². The van der Waals surface area contributed by atoms with Gasteiger partial charge in [-0.05, 0) is 86.0 Å². The van der Waals surface area contributed by atoms with Crippen LogP contribution in [0.5, 0.6) is 5.75 Å². The van der Waals surface area contributed by atoms with E-state index in [0.29, 0.717) is 26.4 Å². The Bertz CT molecular complexity index is 1350. The molecule has 0 saturated carbocycles. The minimum absolute atomic E-state index is 0.122. The average Bonchev–Trinajstić information content (AvgIpc) is 3.40. The van der Waals surface area contributed by atoms with Gasteiger partial charge in [-0.2, -0.15) is 0 Å². The van der Waals surface area contributed by atoms with Gasteiger partial charge in [-0.15, -0.1) is 0 Å². The molecule has 8 heteroatoms. The van der Waals surface area contributed by atoms with Gasteiger partial charge in [0.05, 0.1) is 31.9 Å². The number of ether oxygens (including phenoxy) is 3. The zero-order valence-corrected chi connectivity index (χ0v) is 24.2. The third-order valence-corrected chi connectivity index (χ3v) is 7.73. The Kier molecular flexibility index (Phi) is 11.2. The van der Waals surface area contributed by atoms with E-state index in [1.807, 2.05) is 24.3 Å². The molecule has 224 valence electrons. The van der Waals surface area contributed by atoms with E-state index >= 15 is 0 Å². The molecule has 5 rings (SSSR count). The summed E-state index contributed by atoms with van der Waals surface area (Å²) in [6, 6.07) is 23.5. The summed E-state index contributed by atoms with van der Waals surface area (Å²) in [4.78, 5) is 5.00. The van der Waals surface area contributed by atoms with E-state index in [1.165, 1.54) is 28.8 Å². The van der Waals surface area contributed by atoms with Crippen molar-refractivity contribution in [2.45, 2.75) is 19.3 Å². The van der Waals surface area contributed by atoms with Gasteiger partial charge < -0.3 is 23.7 Å². The number of unbranched alkanes of at least 4 members (excludes halogenated alkanes) is 1. The molecule has 1 aliphatic rings. The second-order valence-electron chi connectivity index (χ2n) is 10.6. The third-order valence-electron chi connectivity index (χ3n) is 7.73. The monoisotopic (exact) mass is 577 g/mol. The molecule has 1 aliphatic heterocycles. The van der Waals surface area contributed by atoms with E-state index in [9.17, 15) is 8.78 Å². The van der Waals surface area contributed by atoms with Crippen molar-refractivity contribution in [3.63, 3.8) is 0 Å².